The Kier molecular flexibility index (Phi) is 10.4. The lowest BCUT2D eigenvalue weighted by Crippen LogP contribution is -2.18. The van der Waals surface area contributed by atoms with Crippen LogP contribution in [-0.2, 0) is 9.59 Å². The first-order valence-electron chi connectivity index (χ1n) is 8.19. The lowest BCUT2D eigenvalue weighted by Gasteiger charge is -2.07. The van der Waals surface area contributed by atoms with Gasteiger partial charge in [0.1, 0.15) is 11.6 Å². The molecule has 0 N–H and O–H groups in total. The summed E-state index contributed by atoms with van der Waals surface area (Å²) in [6, 6.07) is 0. The second-order valence-electron chi connectivity index (χ2n) is 6.47. The molecule has 0 atom stereocenters. The van der Waals surface area contributed by atoms with Gasteiger partial charge in [-0.25, -0.2) is 0 Å². The molecule has 2 nitrogen and oxygen atoms in total. The Morgan fingerprint density at radius 3 is 1.64 bits per heavy atom. The van der Waals surface area contributed by atoms with Crippen LogP contribution in [0, 0.1) is 5.92 Å². The molecular weight excluding hydrogens is 272 g/mol. The molecule has 0 rings (SSSR count). The van der Waals surface area contributed by atoms with Crippen LogP contribution in [0.2, 0.25) is 0 Å². The predicted molar refractivity (Wildman–Crippen MR) is 94.9 cm³/mol. The summed E-state index contributed by atoms with van der Waals surface area (Å²) in [4.78, 5) is 22.8. The third-order valence-electron chi connectivity index (χ3n) is 3.81. The molecule has 0 unspecified atom stereocenters. The maximum absolute atomic E-state index is 11.4. The van der Waals surface area contributed by atoms with Crippen LogP contribution in [0.15, 0.2) is 34.9 Å². The molecular formula is C20H32O2. The average molecular weight is 304 g/mol. The molecule has 124 valence electrons. The highest BCUT2D eigenvalue weighted by Gasteiger charge is 2.17. The summed E-state index contributed by atoms with van der Waals surface area (Å²) in [6.45, 7) is 11.5. The summed E-state index contributed by atoms with van der Waals surface area (Å²) in [7, 11) is 0. The zero-order chi connectivity index (χ0) is 17.1. The van der Waals surface area contributed by atoms with E-state index >= 15 is 0 Å². The maximum Gasteiger partial charge on any atom is 0.140 e. The van der Waals surface area contributed by atoms with Gasteiger partial charge in [-0.3, -0.25) is 9.59 Å². The Balaban J connectivity index is 4.23. The lowest BCUT2D eigenvalue weighted by atomic mass is 9.95. The summed E-state index contributed by atoms with van der Waals surface area (Å²) in [5, 5.41) is 0. The number of ketones is 2. The van der Waals surface area contributed by atoms with Gasteiger partial charge < -0.3 is 0 Å². The van der Waals surface area contributed by atoms with E-state index in [1.54, 1.807) is 0 Å². The fourth-order valence-corrected chi connectivity index (χ4v) is 2.28. The van der Waals surface area contributed by atoms with Crippen molar-refractivity contribution in [1.29, 1.82) is 0 Å². The molecule has 0 aliphatic rings. The smallest absolute Gasteiger partial charge is 0.140 e. The van der Waals surface area contributed by atoms with Crippen molar-refractivity contribution in [3.8, 4) is 0 Å². The lowest BCUT2D eigenvalue weighted by molar-refractivity contribution is -0.130. The fraction of sp³-hybridized carbons (Fsp3) is 0.600. The molecule has 0 aromatic carbocycles. The molecule has 0 saturated carbocycles. The highest BCUT2D eigenvalue weighted by Crippen LogP contribution is 2.14. The SMILES string of the molecule is CC(=O)C(CC=C(C)CCC=C(C)CCC=C(C)C)C(C)=O. The van der Waals surface area contributed by atoms with E-state index in [1.165, 1.54) is 30.6 Å². The molecule has 0 aliphatic heterocycles. The predicted octanol–water partition coefficient (Wildman–Crippen LogP) is 5.59. The van der Waals surface area contributed by atoms with Crippen LogP contribution in [0.3, 0.4) is 0 Å². The van der Waals surface area contributed by atoms with Crippen LogP contribution in [0.4, 0.5) is 0 Å². The minimum absolute atomic E-state index is 0.0356. The van der Waals surface area contributed by atoms with Crippen molar-refractivity contribution in [2.24, 2.45) is 5.92 Å². The molecule has 0 radical (unpaired) electrons. The molecule has 2 heteroatoms. The van der Waals surface area contributed by atoms with Gasteiger partial charge in [0.15, 0.2) is 0 Å². The second-order valence-corrected chi connectivity index (χ2v) is 6.47. The third-order valence-corrected chi connectivity index (χ3v) is 3.81. The van der Waals surface area contributed by atoms with E-state index in [-0.39, 0.29) is 11.6 Å². The molecule has 0 fully saturated rings. The molecule has 0 spiro atoms. The normalized spacial score (nSPS) is 12.5. The van der Waals surface area contributed by atoms with E-state index in [1.807, 2.05) is 6.08 Å². The number of hydrogen-bond donors (Lipinski definition) is 0. The molecule has 0 heterocycles. The van der Waals surface area contributed by atoms with Crippen molar-refractivity contribution < 1.29 is 9.59 Å². The minimum atomic E-state index is -0.462. The zero-order valence-corrected chi connectivity index (χ0v) is 15.2. The standard InChI is InChI=1S/C20H32O2/c1-15(2)9-7-10-16(3)11-8-12-17(4)13-14-20(18(5)21)19(6)22/h9,11,13,20H,7-8,10,12,14H2,1-6H3. The van der Waals surface area contributed by atoms with Gasteiger partial charge in [0, 0.05) is 0 Å². The molecule has 0 aromatic rings. The zero-order valence-electron chi connectivity index (χ0n) is 15.2. The van der Waals surface area contributed by atoms with Gasteiger partial charge in [0.05, 0.1) is 5.92 Å². The first-order valence-corrected chi connectivity index (χ1v) is 8.19. The molecule has 0 bridgehead atoms. The Labute approximate surface area is 136 Å². The molecule has 0 aliphatic carbocycles. The van der Waals surface area contributed by atoms with Crippen LogP contribution in [0.1, 0.15) is 73.6 Å². The van der Waals surface area contributed by atoms with Crippen molar-refractivity contribution in [3.05, 3.63) is 34.9 Å². The van der Waals surface area contributed by atoms with Crippen molar-refractivity contribution in [2.75, 3.05) is 0 Å². The monoisotopic (exact) mass is 304 g/mol. The van der Waals surface area contributed by atoms with Crippen molar-refractivity contribution in [3.63, 3.8) is 0 Å². The Bertz CT molecular complexity index is 446. The Hall–Kier alpha value is -1.44. The van der Waals surface area contributed by atoms with Gasteiger partial charge in [0.25, 0.3) is 0 Å². The number of rotatable bonds is 10. The van der Waals surface area contributed by atoms with Gasteiger partial charge >= 0.3 is 0 Å². The van der Waals surface area contributed by atoms with Gasteiger partial charge in [-0.15, -0.1) is 0 Å². The summed E-state index contributed by atoms with van der Waals surface area (Å²) >= 11 is 0. The van der Waals surface area contributed by atoms with Crippen LogP contribution < -0.4 is 0 Å². The van der Waals surface area contributed by atoms with E-state index < -0.39 is 5.92 Å². The maximum atomic E-state index is 11.4. The van der Waals surface area contributed by atoms with E-state index in [9.17, 15) is 9.59 Å². The molecule has 0 aromatic heterocycles. The number of carbonyl (C=O) groups is 2. The van der Waals surface area contributed by atoms with Crippen LogP contribution in [-0.4, -0.2) is 11.6 Å². The van der Waals surface area contributed by atoms with E-state index in [0.29, 0.717) is 6.42 Å². The largest absolute Gasteiger partial charge is 0.299 e. The highest BCUT2D eigenvalue weighted by molar-refractivity contribution is 6.00. The van der Waals surface area contributed by atoms with E-state index in [2.05, 4.69) is 39.8 Å². The topological polar surface area (TPSA) is 34.1 Å². The molecule has 22 heavy (non-hydrogen) atoms. The Morgan fingerprint density at radius 2 is 1.18 bits per heavy atom. The summed E-state index contributed by atoms with van der Waals surface area (Å²) in [5.41, 5.74) is 4.05. The minimum Gasteiger partial charge on any atom is -0.299 e. The number of allylic oxidation sites excluding steroid dienone is 6. The third kappa shape index (κ3) is 10.3. The number of hydrogen-bond acceptors (Lipinski definition) is 2. The van der Waals surface area contributed by atoms with Gasteiger partial charge in [0.2, 0.25) is 0 Å². The highest BCUT2D eigenvalue weighted by atomic mass is 16.1. The van der Waals surface area contributed by atoms with Crippen LogP contribution >= 0.6 is 0 Å². The van der Waals surface area contributed by atoms with Gasteiger partial charge in [-0.1, -0.05) is 34.9 Å². The van der Waals surface area contributed by atoms with Crippen molar-refractivity contribution in [2.45, 2.75) is 73.6 Å². The fourth-order valence-electron chi connectivity index (χ4n) is 2.28. The summed E-state index contributed by atoms with van der Waals surface area (Å²) < 4.78 is 0. The quantitative estimate of drug-likeness (QED) is 0.389. The van der Waals surface area contributed by atoms with E-state index in [4.69, 9.17) is 0 Å². The first-order chi connectivity index (χ1) is 10.2. The first kappa shape index (κ1) is 20.6. The van der Waals surface area contributed by atoms with Crippen LogP contribution in [0.5, 0.6) is 0 Å². The van der Waals surface area contributed by atoms with Crippen LogP contribution in [0.25, 0.3) is 0 Å². The van der Waals surface area contributed by atoms with E-state index in [0.717, 1.165) is 25.7 Å². The van der Waals surface area contributed by atoms with Gasteiger partial charge in [-0.05, 0) is 73.6 Å². The average Bonchev–Trinajstić information content (AvgIpc) is 2.37. The number of carbonyl (C=O) groups excluding carboxylic acids is 2. The molecule has 0 saturated heterocycles. The Morgan fingerprint density at radius 1 is 0.727 bits per heavy atom. The molecule has 0 amide bonds. The second kappa shape index (κ2) is 11.2. The number of Topliss-reactive ketones (excluding diaryl/α,β-unsaturated/α-hetero) is 2. The van der Waals surface area contributed by atoms with Crippen molar-refractivity contribution in [1.82, 2.24) is 0 Å². The van der Waals surface area contributed by atoms with Crippen molar-refractivity contribution >= 4 is 11.6 Å². The summed E-state index contributed by atoms with van der Waals surface area (Å²) in [6.07, 6.45) is 11.4. The summed E-state index contributed by atoms with van der Waals surface area (Å²) in [5.74, 6) is -0.533. The van der Waals surface area contributed by atoms with Gasteiger partial charge in [-0.2, -0.15) is 0 Å².